The summed E-state index contributed by atoms with van der Waals surface area (Å²) in [7, 11) is 0. The van der Waals surface area contributed by atoms with Crippen molar-refractivity contribution in [3.05, 3.63) is 19.8 Å². The molecule has 86 valence electrons. The highest BCUT2D eigenvalue weighted by Gasteiger charge is 2.28. The second-order valence-electron chi connectivity index (χ2n) is 2.94. The van der Waals surface area contributed by atoms with Gasteiger partial charge in [-0.3, -0.25) is 0 Å². The van der Waals surface area contributed by atoms with Crippen LogP contribution in [-0.2, 0) is 0 Å². The standard InChI is InChI=1S/C8H7BrClF3OS/c9-7-4(10)3-6(15-7)5(14)1-2-8(11,12)13/h3,5,14H,1-2H2. The molecular weight excluding hydrogens is 317 g/mol. The van der Waals surface area contributed by atoms with Crippen LogP contribution in [0.1, 0.15) is 23.8 Å². The summed E-state index contributed by atoms with van der Waals surface area (Å²) in [5.41, 5.74) is 0. The molecular formula is C8H7BrClF3OS. The van der Waals surface area contributed by atoms with Crippen LogP contribution in [-0.4, -0.2) is 11.3 Å². The molecule has 0 amide bonds. The number of aliphatic hydroxyl groups is 1. The smallest absolute Gasteiger partial charge is 0.388 e. The summed E-state index contributed by atoms with van der Waals surface area (Å²) < 4.78 is 36.2. The second kappa shape index (κ2) is 5.03. The van der Waals surface area contributed by atoms with Gasteiger partial charge in [-0.15, -0.1) is 11.3 Å². The zero-order valence-corrected chi connectivity index (χ0v) is 10.5. The van der Waals surface area contributed by atoms with Gasteiger partial charge in [0.05, 0.1) is 14.9 Å². The Morgan fingerprint density at radius 3 is 2.53 bits per heavy atom. The summed E-state index contributed by atoms with van der Waals surface area (Å²) in [6.07, 6.45) is -6.69. The number of alkyl halides is 3. The zero-order valence-electron chi connectivity index (χ0n) is 7.31. The predicted octanol–water partition coefficient (Wildman–Crippen LogP) is 4.54. The van der Waals surface area contributed by atoms with E-state index in [4.69, 9.17) is 11.6 Å². The average Bonchev–Trinajstić information content (AvgIpc) is 2.42. The van der Waals surface area contributed by atoms with Crippen LogP contribution in [0.15, 0.2) is 9.85 Å². The van der Waals surface area contributed by atoms with Crippen molar-refractivity contribution in [2.24, 2.45) is 0 Å². The molecule has 0 aliphatic heterocycles. The van der Waals surface area contributed by atoms with Crippen molar-refractivity contribution in [3.63, 3.8) is 0 Å². The molecule has 0 aliphatic carbocycles. The van der Waals surface area contributed by atoms with E-state index in [0.29, 0.717) is 13.7 Å². The van der Waals surface area contributed by atoms with Crippen LogP contribution in [0.2, 0.25) is 5.02 Å². The summed E-state index contributed by atoms with van der Waals surface area (Å²) in [6.45, 7) is 0. The lowest BCUT2D eigenvalue weighted by molar-refractivity contribution is -0.140. The monoisotopic (exact) mass is 322 g/mol. The van der Waals surface area contributed by atoms with Crippen molar-refractivity contribution in [1.29, 1.82) is 0 Å². The van der Waals surface area contributed by atoms with Gasteiger partial charge in [0.25, 0.3) is 0 Å². The third-order valence-corrected chi connectivity index (χ3v) is 4.27. The first kappa shape index (κ1) is 13.3. The molecule has 1 N–H and O–H groups in total. The Morgan fingerprint density at radius 1 is 1.53 bits per heavy atom. The number of hydrogen-bond donors (Lipinski definition) is 1. The molecule has 0 aromatic carbocycles. The highest BCUT2D eigenvalue weighted by atomic mass is 79.9. The maximum atomic E-state index is 11.9. The van der Waals surface area contributed by atoms with Crippen LogP contribution >= 0.6 is 38.9 Å². The van der Waals surface area contributed by atoms with E-state index in [2.05, 4.69) is 15.9 Å². The molecule has 1 aromatic rings. The first-order valence-corrected chi connectivity index (χ1v) is 5.98. The molecule has 1 heterocycles. The number of rotatable bonds is 3. The van der Waals surface area contributed by atoms with E-state index in [0.717, 1.165) is 11.3 Å². The van der Waals surface area contributed by atoms with Crippen molar-refractivity contribution >= 4 is 38.9 Å². The Bertz CT molecular complexity index is 320. The van der Waals surface area contributed by atoms with Crippen LogP contribution in [0.25, 0.3) is 0 Å². The van der Waals surface area contributed by atoms with E-state index < -0.39 is 18.7 Å². The molecule has 0 fully saturated rings. The van der Waals surface area contributed by atoms with Crippen LogP contribution in [0.4, 0.5) is 13.2 Å². The van der Waals surface area contributed by atoms with E-state index in [9.17, 15) is 18.3 Å². The highest BCUT2D eigenvalue weighted by molar-refractivity contribution is 9.11. The minimum Gasteiger partial charge on any atom is -0.388 e. The van der Waals surface area contributed by atoms with Gasteiger partial charge in [0, 0.05) is 11.3 Å². The predicted molar refractivity (Wildman–Crippen MR) is 57.3 cm³/mol. The normalized spacial score (nSPS) is 14.3. The summed E-state index contributed by atoms with van der Waals surface area (Å²) in [4.78, 5) is 0.441. The maximum Gasteiger partial charge on any atom is 0.389 e. The van der Waals surface area contributed by atoms with E-state index in [1.54, 1.807) is 0 Å². The van der Waals surface area contributed by atoms with E-state index in [1.165, 1.54) is 6.07 Å². The van der Waals surface area contributed by atoms with Crippen LogP contribution in [0.5, 0.6) is 0 Å². The third kappa shape index (κ3) is 4.30. The lowest BCUT2D eigenvalue weighted by atomic mass is 10.1. The molecule has 1 atom stereocenters. The van der Waals surface area contributed by atoms with Gasteiger partial charge in [-0.1, -0.05) is 11.6 Å². The van der Waals surface area contributed by atoms with Crippen molar-refractivity contribution in [3.8, 4) is 0 Å². The van der Waals surface area contributed by atoms with Crippen LogP contribution in [0.3, 0.4) is 0 Å². The van der Waals surface area contributed by atoms with Crippen LogP contribution < -0.4 is 0 Å². The van der Waals surface area contributed by atoms with Crippen molar-refractivity contribution in [1.82, 2.24) is 0 Å². The Morgan fingerprint density at radius 2 is 2.13 bits per heavy atom. The SMILES string of the molecule is OC(CCC(F)(F)F)c1cc(Cl)c(Br)s1. The molecule has 1 unspecified atom stereocenters. The van der Waals surface area contributed by atoms with Crippen molar-refractivity contribution in [2.75, 3.05) is 0 Å². The maximum absolute atomic E-state index is 11.9. The summed E-state index contributed by atoms with van der Waals surface area (Å²) in [5, 5.41) is 9.86. The van der Waals surface area contributed by atoms with Gasteiger partial charge in [-0.2, -0.15) is 13.2 Å². The summed E-state index contributed by atoms with van der Waals surface area (Å²) in [5.74, 6) is 0. The first-order valence-electron chi connectivity index (χ1n) is 3.99. The fourth-order valence-corrected chi connectivity index (χ4v) is 2.74. The Kier molecular flexibility index (Phi) is 4.46. The van der Waals surface area contributed by atoms with Gasteiger partial charge in [0.1, 0.15) is 0 Å². The molecule has 0 radical (unpaired) electrons. The van der Waals surface area contributed by atoms with Crippen LogP contribution in [0, 0.1) is 0 Å². The lowest BCUT2D eigenvalue weighted by Gasteiger charge is -2.10. The Balaban J connectivity index is 2.58. The van der Waals surface area contributed by atoms with E-state index >= 15 is 0 Å². The third-order valence-electron chi connectivity index (χ3n) is 1.69. The Hall–Kier alpha value is 0.220. The quantitative estimate of drug-likeness (QED) is 0.866. The average molecular weight is 324 g/mol. The second-order valence-corrected chi connectivity index (χ2v) is 5.75. The van der Waals surface area contributed by atoms with Gasteiger partial charge in [0.2, 0.25) is 0 Å². The molecule has 7 heteroatoms. The molecule has 0 bridgehead atoms. The lowest BCUT2D eigenvalue weighted by Crippen LogP contribution is -2.09. The number of halogens is 5. The van der Waals surface area contributed by atoms with E-state index in [1.807, 2.05) is 0 Å². The van der Waals surface area contributed by atoms with Crippen molar-refractivity contribution < 1.29 is 18.3 Å². The van der Waals surface area contributed by atoms with Gasteiger partial charge >= 0.3 is 6.18 Å². The molecule has 1 rings (SSSR count). The fraction of sp³-hybridized carbons (Fsp3) is 0.500. The first-order chi connectivity index (χ1) is 6.79. The molecule has 15 heavy (non-hydrogen) atoms. The largest absolute Gasteiger partial charge is 0.389 e. The minimum absolute atomic E-state index is 0.340. The van der Waals surface area contributed by atoms with E-state index in [-0.39, 0.29) is 6.42 Å². The van der Waals surface area contributed by atoms with Gasteiger partial charge < -0.3 is 5.11 Å². The number of hydrogen-bond acceptors (Lipinski definition) is 2. The number of aliphatic hydroxyl groups excluding tert-OH is 1. The van der Waals surface area contributed by atoms with Crippen molar-refractivity contribution in [2.45, 2.75) is 25.1 Å². The molecule has 0 saturated heterocycles. The molecule has 0 aliphatic rings. The summed E-state index contributed by atoms with van der Waals surface area (Å²) in [6, 6.07) is 1.47. The molecule has 1 nitrogen and oxygen atoms in total. The summed E-state index contributed by atoms with van der Waals surface area (Å²) >= 11 is 9.96. The minimum atomic E-state index is -4.24. The molecule has 1 aromatic heterocycles. The van der Waals surface area contributed by atoms with Gasteiger partial charge in [0.15, 0.2) is 0 Å². The van der Waals surface area contributed by atoms with Gasteiger partial charge in [-0.25, -0.2) is 0 Å². The molecule has 0 saturated carbocycles. The molecule has 0 spiro atoms. The fourth-order valence-electron chi connectivity index (χ4n) is 0.970. The Labute approximate surface area is 102 Å². The van der Waals surface area contributed by atoms with Gasteiger partial charge in [-0.05, 0) is 28.4 Å². The topological polar surface area (TPSA) is 20.2 Å². The highest BCUT2D eigenvalue weighted by Crippen LogP contribution is 2.37. The number of thiophene rings is 1. The zero-order chi connectivity index (χ0) is 11.6.